The highest BCUT2D eigenvalue weighted by Gasteiger charge is 2.20. The topological polar surface area (TPSA) is 35.2 Å². The van der Waals surface area contributed by atoms with E-state index in [0.29, 0.717) is 6.10 Å². The van der Waals surface area contributed by atoms with E-state index in [-0.39, 0.29) is 6.04 Å². The van der Waals surface area contributed by atoms with Crippen molar-refractivity contribution in [3.63, 3.8) is 0 Å². The van der Waals surface area contributed by atoms with Crippen molar-refractivity contribution in [2.24, 2.45) is 11.7 Å². The highest BCUT2D eigenvalue weighted by Crippen LogP contribution is 2.29. The van der Waals surface area contributed by atoms with Crippen LogP contribution >= 0.6 is 0 Å². The summed E-state index contributed by atoms with van der Waals surface area (Å²) >= 11 is 0. The van der Waals surface area contributed by atoms with Crippen molar-refractivity contribution in [2.75, 3.05) is 0 Å². The summed E-state index contributed by atoms with van der Waals surface area (Å²) in [5.41, 5.74) is 8.27. The van der Waals surface area contributed by atoms with Crippen LogP contribution in [0.4, 0.5) is 0 Å². The van der Waals surface area contributed by atoms with Crippen molar-refractivity contribution in [3.8, 4) is 5.75 Å². The number of nitrogens with two attached hydrogens (primary N) is 1. The van der Waals surface area contributed by atoms with Crippen molar-refractivity contribution >= 4 is 0 Å². The lowest BCUT2D eigenvalue weighted by molar-refractivity contribution is 0.134. The summed E-state index contributed by atoms with van der Waals surface area (Å²) < 4.78 is 6.13. The minimum atomic E-state index is 0.0910. The molecule has 18 heavy (non-hydrogen) atoms. The number of ether oxygens (including phenoxy) is 1. The summed E-state index contributed by atoms with van der Waals surface area (Å²) in [6.45, 7) is 6.45. The van der Waals surface area contributed by atoms with E-state index in [1.807, 2.05) is 6.92 Å². The summed E-state index contributed by atoms with van der Waals surface area (Å²) in [5, 5.41) is 0. The molecule has 2 heteroatoms. The zero-order valence-electron chi connectivity index (χ0n) is 11.8. The molecule has 1 aliphatic carbocycles. The Morgan fingerprint density at radius 1 is 1.22 bits per heavy atom. The van der Waals surface area contributed by atoms with Gasteiger partial charge in [-0.2, -0.15) is 0 Å². The van der Waals surface area contributed by atoms with Crippen molar-refractivity contribution in [2.45, 2.75) is 58.6 Å². The van der Waals surface area contributed by atoms with Gasteiger partial charge in [0, 0.05) is 6.04 Å². The normalized spacial score (nSPS) is 25.8. The number of hydrogen-bond acceptors (Lipinski definition) is 2. The third kappa shape index (κ3) is 3.26. The van der Waals surface area contributed by atoms with Crippen LogP contribution < -0.4 is 10.5 Å². The summed E-state index contributed by atoms with van der Waals surface area (Å²) in [6.07, 6.45) is 5.37. The minimum Gasteiger partial charge on any atom is -0.490 e. The van der Waals surface area contributed by atoms with Crippen LogP contribution in [0.2, 0.25) is 0 Å². The lowest BCUT2D eigenvalue weighted by atomic mass is 9.89. The second-order valence-electron chi connectivity index (χ2n) is 5.81. The molecule has 0 radical (unpaired) electrons. The van der Waals surface area contributed by atoms with Crippen molar-refractivity contribution in [1.29, 1.82) is 0 Å². The number of rotatable bonds is 3. The minimum absolute atomic E-state index is 0.0910. The molecule has 0 heterocycles. The Balaban J connectivity index is 2.01. The lowest BCUT2D eigenvalue weighted by Crippen LogP contribution is -2.23. The molecule has 1 aromatic carbocycles. The van der Waals surface area contributed by atoms with E-state index < -0.39 is 0 Å². The van der Waals surface area contributed by atoms with Gasteiger partial charge in [0.2, 0.25) is 0 Å². The molecule has 1 saturated carbocycles. The number of benzene rings is 1. The molecule has 100 valence electrons. The molecule has 0 bridgehead atoms. The van der Waals surface area contributed by atoms with Gasteiger partial charge in [-0.3, -0.25) is 0 Å². The fourth-order valence-electron chi connectivity index (χ4n) is 2.61. The van der Waals surface area contributed by atoms with E-state index >= 15 is 0 Å². The van der Waals surface area contributed by atoms with E-state index in [1.54, 1.807) is 0 Å². The molecule has 1 aromatic rings. The Bertz CT molecular complexity index is 392. The van der Waals surface area contributed by atoms with Gasteiger partial charge in [-0.05, 0) is 62.6 Å². The first kappa shape index (κ1) is 13.4. The van der Waals surface area contributed by atoms with Crippen molar-refractivity contribution < 1.29 is 4.74 Å². The first-order valence-corrected chi connectivity index (χ1v) is 7.09. The number of hydrogen-bond donors (Lipinski definition) is 1. The van der Waals surface area contributed by atoms with Crippen molar-refractivity contribution in [1.82, 2.24) is 0 Å². The third-order valence-corrected chi connectivity index (χ3v) is 3.98. The molecule has 0 unspecified atom stereocenters. The molecule has 0 spiro atoms. The van der Waals surface area contributed by atoms with Gasteiger partial charge in [-0.25, -0.2) is 0 Å². The van der Waals surface area contributed by atoms with Crippen LogP contribution in [-0.4, -0.2) is 6.10 Å². The molecule has 2 rings (SSSR count). The maximum absolute atomic E-state index is 6.13. The van der Waals surface area contributed by atoms with E-state index in [1.165, 1.54) is 36.8 Å². The van der Waals surface area contributed by atoms with Gasteiger partial charge in [0.05, 0.1) is 6.10 Å². The second kappa shape index (κ2) is 5.75. The fourth-order valence-corrected chi connectivity index (χ4v) is 2.61. The molecule has 0 aromatic heterocycles. The Labute approximate surface area is 111 Å². The lowest BCUT2D eigenvalue weighted by Gasteiger charge is -2.27. The zero-order chi connectivity index (χ0) is 13.1. The molecular formula is C16H25NO. The Morgan fingerprint density at radius 2 is 1.89 bits per heavy atom. The van der Waals surface area contributed by atoms with Gasteiger partial charge in [0.15, 0.2) is 0 Å². The summed E-state index contributed by atoms with van der Waals surface area (Å²) in [4.78, 5) is 0. The monoisotopic (exact) mass is 247 g/mol. The van der Waals surface area contributed by atoms with Crippen molar-refractivity contribution in [3.05, 3.63) is 29.3 Å². The quantitative estimate of drug-likeness (QED) is 0.877. The van der Waals surface area contributed by atoms with Gasteiger partial charge >= 0.3 is 0 Å². The molecule has 0 saturated heterocycles. The zero-order valence-corrected chi connectivity index (χ0v) is 11.8. The Kier molecular flexibility index (Phi) is 4.28. The largest absolute Gasteiger partial charge is 0.490 e. The summed E-state index contributed by atoms with van der Waals surface area (Å²) in [5.74, 6) is 1.89. The van der Waals surface area contributed by atoms with Gasteiger partial charge < -0.3 is 10.5 Å². The molecule has 0 amide bonds. The standard InChI is InChI=1S/C16H25NO/c1-11-4-7-15(8-5-11)18-16-9-6-14(13(3)17)10-12(16)2/h6,9-11,13,15H,4-5,7-8,17H2,1-3H3/t11?,13-,15?/m1/s1. The Hall–Kier alpha value is -1.02. The summed E-state index contributed by atoms with van der Waals surface area (Å²) in [7, 11) is 0. The van der Waals surface area contributed by atoms with E-state index in [0.717, 1.165) is 11.7 Å². The molecular weight excluding hydrogens is 222 g/mol. The van der Waals surface area contributed by atoms with Crippen LogP contribution in [-0.2, 0) is 0 Å². The van der Waals surface area contributed by atoms with Gasteiger partial charge in [-0.1, -0.05) is 19.1 Å². The fraction of sp³-hybridized carbons (Fsp3) is 0.625. The van der Waals surface area contributed by atoms with E-state index in [4.69, 9.17) is 10.5 Å². The van der Waals surface area contributed by atoms with E-state index in [2.05, 4.69) is 32.0 Å². The van der Waals surface area contributed by atoms with Crippen LogP contribution in [0.5, 0.6) is 5.75 Å². The van der Waals surface area contributed by atoms with Crippen LogP contribution in [0, 0.1) is 12.8 Å². The van der Waals surface area contributed by atoms with Crippen LogP contribution in [0.1, 0.15) is 56.7 Å². The van der Waals surface area contributed by atoms with Gasteiger partial charge in [0.1, 0.15) is 5.75 Å². The molecule has 1 aliphatic rings. The molecule has 2 N–H and O–H groups in total. The molecule has 1 fully saturated rings. The average Bonchev–Trinajstić information content (AvgIpc) is 2.34. The maximum Gasteiger partial charge on any atom is 0.122 e. The third-order valence-electron chi connectivity index (χ3n) is 3.98. The average molecular weight is 247 g/mol. The first-order valence-electron chi connectivity index (χ1n) is 7.09. The smallest absolute Gasteiger partial charge is 0.122 e. The first-order chi connectivity index (χ1) is 8.56. The highest BCUT2D eigenvalue weighted by atomic mass is 16.5. The molecule has 0 aliphatic heterocycles. The molecule has 2 nitrogen and oxygen atoms in total. The second-order valence-corrected chi connectivity index (χ2v) is 5.81. The van der Waals surface area contributed by atoms with E-state index in [9.17, 15) is 0 Å². The predicted molar refractivity (Wildman–Crippen MR) is 75.8 cm³/mol. The van der Waals surface area contributed by atoms with Crippen LogP contribution in [0.3, 0.4) is 0 Å². The van der Waals surface area contributed by atoms with Crippen LogP contribution in [0.15, 0.2) is 18.2 Å². The highest BCUT2D eigenvalue weighted by molar-refractivity contribution is 5.37. The predicted octanol–water partition coefficient (Wildman–Crippen LogP) is 3.97. The Morgan fingerprint density at radius 3 is 2.44 bits per heavy atom. The van der Waals surface area contributed by atoms with Gasteiger partial charge in [0.25, 0.3) is 0 Å². The van der Waals surface area contributed by atoms with Gasteiger partial charge in [-0.15, -0.1) is 0 Å². The SMILES string of the molecule is Cc1cc([C@@H](C)N)ccc1OC1CCC(C)CC1. The summed E-state index contributed by atoms with van der Waals surface area (Å²) in [6, 6.07) is 6.39. The van der Waals surface area contributed by atoms with Crippen LogP contribution in [0.25, 0.3) is 0 Å². The maximum atomic E-state index is 6.13. The number of aryl methyl sites for hydroxylation is 1. The molecule has 1 atom stereocenters.